The van der Waals surface area contributed by atoms with Crippen LogP contribution in [-0.2, 0) is 11.3 Å². The van der Waals surface area contributed by atoms with Gasteiger partial charge in [-0.2, -0.15) is 4.98 Å². The SMILES string of the molecule is CCNC(=NCc1nc(-c2ccc(Cl)cc2)no1)N1CCC2(CCOC2)C1. The minimum atomic E-state index is 0.294. The van der Waals surface area contributed by atoms with Gasteiger partial charge in [0.05, 0.1) is 6.61 Å². The lowest BCUT2D eigenvalue weighted by Gasteiger charge is -2.24. The number of rotatable bonds is 4. The van der Waals surface area contributed by atoms with Crippen molar-refractivity contribution in [1.29, 1.82) is 0 Å². The summed E-state index contributed by atoms with van der Waals surface area (Å²) in [5.41, 5.74) is 1.16. The van der Waals surface area contributed by atoms with Crippen LogP contribution in [0, 0.1) is 5.41 Å². The van der Waals surface area contributed by atoms with E-state index in [4.69, 9.17) is 25.9 Å². The summed E-state index contributed by atoms with van der Waals surface area (Å²) in [5.74, 6) is 1.94. The molecule has 2 aliphatic heterocycles. The molecule has 0 radical (unpaired) electrons. The molecule has 27 heavy (non-hydrogen) atoms. The third-order valence-corrected chi connectivity index (χ3v) is 5.44. The minimum Gasteiger partial charge on any atom is -0.381 e. The highest BCUT2D eigenvalue weighted by atomic mass is 35.5. The third kappa shape index (κ3) is 4.09. The quantitative estimate of drug-likeness (QED) is 0.640. The first-order valence-corrected chi connectivity index (χ1v) is 9.75. The number of aliphatic imine (C=N–C) groups is 1. The maximum atomic E-state index is 5.92. The first-order valence-electron chi connectivity index (χ1n) is 9.37. The summed E-state index contributed by atoms with van der Waals surface area (Å²) in [5, 5.41) is 8.10. The van der Waals surface area contributed by atoms with Crippen molar-refractivity contribution in [3.8, 4) is 11.4 Å². The zero-order chi connectivity index (χ0) is 18.7. The van der Waals surface area contributed by atoms with E-state index in [2.05, 4.69) is 27.3 Å². The largest absolute Gasteiger partial charge is 0.381 e. The summed E-state index contributed by atoms with van der Waals surface area (Å²) in [7, 11) is 0. The van der Waals surface area contributed by atoms with E-state index in [9.17, 15) is 0 Å². The van der Waals surface area contributed by atoms with Crippen LogP contribution in [0.1, 0.15) is 25.7 Å². The molecule has 2 aliphatic rings. The highest BCUT2D eigenvalue weighted by Gasteiger charge is 2.42. The van der Waals surface area contributed by atoms with Crippen LogP contribution in [0.15, 0.2) is 33.8 Å². The van der Waals surface area contributed by atoms with Gasteiger partial charge >= 0.3 is 0 Å². The molecule has 1 spiro atoms. The number of ether oxygens (including phenoxy) is 1. The molecule has 1 N–H and O–H groups in total. The Kier molecular flexibility index (Phi) is 5.31. The molecule has 3 heterocycles. The fourth-order valence-corrected chi connectivity index (χ4v) is 3.82. The van der Waals surface area contributed by atoms with E-state index >= 15 is 0 Å². The van der Waals surface area contributed by atoms with Crippen molar-refractivity contribution in [1.82, 2.24) is 20.4 Å². The number of guanidine groups is 1. The normalized spacial score (nSPS) is 22.7. The predicted octanol–water partition coefficient (Wildman–Crippen LogP) is 2.97. The van der Waals surface area contributed by atoms with Crippen molar-refractivity contribution in [2.45, 2.75) is 26.3 Å². The molecule has 0 aliphatic carbocycles. The van der Waals surface area contributed by atoms with Crippen LogP contribution >= 0.6 is 11.6 Å². The Labute approximate surface area is 163 Å². The van der Waals surface area contributed by atoms with Crippen LogP contribution in [0.2, 0.25) is 5.02 Å². The monoisotopic (exact) mass is 389 g/mol. The molecule has 4 rings (SSSR count). The van der Waals surface area contributed by atoms with Crippen molar-refractivity contribution >= 4 is 17.6 Å². The number of nitrogens with one attached hydrogen (secondary N) is 1. The summed E-state index contributed by atoms with van der Waals surface area (Å²) in [6.45, 7) is 6.95. The number of hydrogen-bond donors (Lipinski definition) is 1. The van der Waals surface area contributed by atoms with Crippen molar-refractivity contribution in [3.05, 3.63) is 35.2 Å². The molecular formula is C19H24ClN5O2. The Bertz CT molecular complexity index is 799. The van der Waals surface area contributed by atoms with Crippen molar-refractivity contribution in [2.75, 3.05) is 32.8 Å². The molecule has 144 valence electrons. The number of benzene rings is 1. The van der Waals surface area contributed by atoms with E-state index < -0.39 is 0 Å². The van der Waals surface area contributed by atoms with Crippen LogP contribution in [0.25, 0.3) is 11.4 Å². The number of nitrogens with zero attached hydrogens (tertiary/aromatic N) is 4. The lowest BCUT2D eigenvalue weighted by atomic mass is 9.87. The van der Waals surface area contributed by atoms with E-state index in [1.165, 1.54) is 0 Å². The molecule has 2 aromatic rings. The first kappa shape index (κ1) is 18.3. The molecule has 2 saturated heterocycles. The topological polar surface area (TPSA) is 75.8 Å². The van der Waals surface area contributed by atoms with Gasteiger partial charge in [0.2, 0.25) is 11.7 Å². The Hall–Kier alpha value is -2.12. The van der Waals surface area contributed by atoms with Gasteiger partial charge in [-0.3, -0.25) is 0 Å². The molecule has 0 bridgehead atoms. The molecule has 8 heteroatoms. The molecule has 0 amide bonds. The van der Waals surface area contributed by atoms with Crippen molar-refractivity contribution < 1.29 is 9.26 Å². The number of halogens is 1. The van der Waals surface area contributed by atoms with E-state index in [-0.39, 0.29) is 0 Å². The van der Waals surface area contributed by atoms with Gasteiger partial charge in [0.15, 0.2) is 5.96 Å². The molecule has 1 aromatic heterocycles. The zero-order valence-corrected chi connectivity index (χ0v) is 16.2. The Morgan fingerprint density at radius 1 is 1.33 bits per heavy atom. The predicted molar refractivity (Wildman–Crippen MR) is 104 cm³/mol. The average molecular weight is 390 g/mol. The molecular weight excluding hydrogens is 366 g/mol. The van der Waals surface area contributed by atoms with Crippen molar-refractivity contribution in [3.63, 3.8) is 0 Å². The van der Waals surface area contributed by atoms with Gasteiger partial charge in [0, 0.05) is 42.2 Å². The summed E-state index contributed by atoms with van der Waals surface area (Å²) >= 11 is 5.92. The van der Waals surface area contributed by atoms with Crippen LogP contribution in [0.3, 0.4) is 0 Å². The molecule has 7 nitrogen and oxygen atoms in total. The van der Waals surface area contributed by atoms with Crippen LogP contribution in [0.4, 0.5) is 0 Å². The van der Waals surface area contributed by atoms with E-state index in [1.807, 2.05) is 24.3 Å². The van der Waals surface area contributed by atoms with Gasteiger partial charge in [-0.15, -0.1) is 0 Å². The van der Waals surface area contributed by atoms with E-state index in [0.717, 1.165) is 57.2 Å². The third-order valence-electron chi connectivity index (χ3n) is 5.19. The second kappa shape index (κ2) is 7.86. The number of hydrogen-bond acceptors (Lipinski definition) is 5. The smallest absolute Gasteiger partial charge is 0.248 e. The fraction of sp³-hybridized carbons (Fsp3) is 0.526. The summed E-state index contributed by atoms with van der Waals surface area (Å²) in [6, 6.07) is 7.36. The first-order chi connectivity index (χ1) is 13.2. The van der Waals surface area contributed by atoms with Crippen LogP contribution in [-0.4, -0.2) is 53.8 Å². The zero-order valence-electron chi connectivity index (χ0n) is 15.4. The lowest BCUT2D eigenvalue weighted by Crippen LogP contribution is -2.41. The summed E-state index contributed by atoms with van der Waals surface area (Å²) < 4.78 is 11.0. The highest BCUT2D eigenvalue weighted by molar-refractivity contribution is 6.30. The maximum Gasteiger partial charge on any atom is 0.248 e. The lowest BCUT2D eigenvalue weighted by molar-refractivity contribution is 0.156. The molecule has 2 fully saturated rings. The van der Waals surface area contributed by atoms with Crippen LogP contribution in [0.5, 0.6) is 0 Å². The summed E-state index contributed by atoms with van der Waals surface area (Å²) in [6.07, 6.45) is 2.29. The second-order valence-electron chi connectivity index (χ2n) is 7.16. The van der Waals surface area contributed by atoms with Gasteiger partial charge in [-0.05, 0) is 44.0 Å². The molecule has 0 saturated carbocycles. The van der Waals surface area contributed by atoms with Gasteiger partial charge < -0.3 is 19.5 Å². The Morgan fingerprint density at radius 2 is 2.19 bits per heavy atom. The molecule has 1 aromatic carbocycles. The Morgan fingerprint density at radius 3 is 2.93 bits per heavy atom. The standard InChI is InChI=1S/C19H24ClN5O2/c1-2-21-18(25-9-7-19(12-25)8-10-26-13-19)22-11-16-23-17(24-27-16)14-3-5-15(20)6-4-14/h3-6H,2,7-13H2,1H3,(H,21,22). The second-order valence-corrected chi connectivity index (χ2v) is 7.60. The van der Waals surface area contributed by atoms with Crippen LogP contribution < -0.4 is 5.32 Å². The Balaban J connectivity index is 1.44. The maximum absolute atomic E-state index is 5.92. The summed E-state index contributed by atoms with van der Waals surface area (Å²) in [4.78, 5) is 11.5. The van der Waals surface area contributed by atoms with E-state index in [1.54, 1.807) is 0 Å². The number of aromatic nitrogens is 2. The highest BCUT2D eigenvalue weighted by Crippen LogP contribution is 2.38. The van der Waals surface area contributed by atoms with Gasteiger partial charge in [-0.1, -0.05) is 16.8 Å². The number of likely N-dealkylation sites (tertiary alicyclic amines) is 1. The fourth-order valence-electron chi connectivity index (χ4n) is 3.69. The average Bonchev–Trinajstić information content (AvgIpc) is 3.42. The van der Waals surface area contributed by atoms with E-state index in [0.29, 0.717) is 28.7 Å². The van der Waals surface area contributed by atoms with Gasteiger partial charge in [-0.25, -0.2) is 4.99 Å². The molecule has 1 unspecified atom stereocenters. The van der Waals surface area contributed by atoms with Gasteiger partial charge in [0.25, 0.3) is 0 Å². The molecule has 1 atom stereocenters. The minimum absolute atomic E-state index is 0.294. The van der Waals surface area contributed by atoms with Crippen molar-refractivity contribution in [2.24, 2.45) is 10.4 Å². The van der Waals surface area contributed by atoms with Gasteiger partial charge in [0.1, 0.15) is 6.54 Å².